The van der Waals surface area contributed by atoms with Gasteiger partial charge in [-0.1, -0.05) is 18.2 Å². The van der Waals surface area contributed by atoms with Crippen LogP contribution in [0, 0.1) is 0 Å². The van der Waals surface area contributed by atoms with E-state index in [0.29, 0.717) is 29.7 Å². The second-order valence-electron chi connectivity index (χ2n) is 5.92. The van der Waals surface area contributed by atoms with Crippen molar-refractivity contribution < 1.29 is 19.1 Å². The van der Waals surface area contributed by atoms with Gasteiger partial charge in [0.05, 0.1) is 23.9 Å². The first-order valence-corrected chi connectivity index (χ1v) is 10.6. The van der Waals surface area contributed by atoms with E-state index >= 15 is 0 Å². The predicted molar refractivity (Wildman–Crippen MR) is 103 cm³/mol. The van der Waals surface area contributed by atoms with E-state index < -0.39 is 5.97 Å². The largest absolute Gasteiger partial charge is 0.481 e. The summed E-state index contributed by atoms with van der Waals surface area (Å²) in [5, 5.41) is 9.02. The van der Waals surface area contributed by atoms with Gasteiger partial charge in [-0.15, -0.1) is 11.8 Å². The Balaban J connectivity index is 1.50. The molecule has 1 aliphatic heterocycles. The number of benzene rings is 1. The van der Waals surface area contributed by atoms with Crippen LogP contribution in [0.15, 0.2) is 41.0 Å². The Morgan fingerprint density at radius 3 is 2.92 bits per heavy atom. The van der Waals surface area contributed by atoms with Crippen molar-refractivity contribution in [1.82, 2.24) is 9.88 Å². The van der Waals surface area contributed by atoms with Crippen LogP contribution in [-0.2, 0) is 15.3 Å². The van der Waals surface area contributed by atoms with Gasteiger partial charge in [-0.05, 0) is 12.1 Å². The van der Waals surface area contributed by atoms with Crippen LogP contribution in [-0.4, -0.2) is 56.7 Å². The number of hydrogen-bond acceptors (Lipinski definition) is 6. The average molecular weight is 393 g/mol. The van der Waals surface area contributed by atoms with E-state index in [0.717, 1.165) is 17.0 Å². The molecule has 138 valence electrons. The van der Waals surface area contributed by atoms with Gasteiger partial charge < -0.3 is 14.4 Å². The summed E-state index contributed by atoms with van der Waals surface area (Å²) in [5.74, 6) is 2.14. The summed E-state index contributed by atoms with van der Waals surface area (Å²) in [4.78, 5) is 29.6. The molecule has 1 aromatic heterocycles. The maximum atomic E-state index is 12.5. The van der Waals surface area contributed by atoms with E-state index in [2.05, 4.69) is 4.98 Å². The van der Waals surface area contributed by atoms with E-state index in [1.807, 2.05) is 30.3 Å². The zero-order valence-electron chi connectivity index (χ0n) is 14.2. The molecule has 0 saturated carbocycles. The minimum atomic E-state index is -0.862. The fraction of sp³-hybridized carbons (Fsp3) is 0.389. The molecule has 2 aromatic rings. The summed E-state index contributed by atoms with van der Waals surface area (Å²) < 4.78 is 5.50. The topological polar surface area (TPSA) is 83.6 Å². The lowest BCUT2D eigenvalue weighted by molar-refractivity contribution is -0.139. The molecule has 3 rings (SSSR count). The molecule has 0 spiro atoms. The predicted octanol–water partition coefficient (Wildman–Crippen LogP) is 2.99. The van der Waals surface area contributed by atoms with Crippen LogP contribution >= 0.6 is 23.5 Å². The van der Waals surface area contributed by atoms with E-state index in [9.17, 15) is 9.59 Å². The van der Waals surface area contributed by atoms with Crippen molar-refractivity contribution >= 4 is 35.4 Å². The van der Waals surface area contributed by atoms with Gasteiger partial charge in [0.2, 0.25) is 11.8 Å². The Kier molecular flexibility index (Phi) is 6.62. The second kappa shape index (κ2) is 9.14. The number of carbonyl (C=O) groups excluding carboxylic acids is 1. The first-order valence-electron chi connectivity index (χ1n) is 8.30. The molecule has 1 aliphatic rings. The average Bonchev–Trinajstić information content (AvgIpc) is 3.11. The van der Waals surface area contributed by atoms with E-state index in [-0.39, 0.29) is 18.4 Å². The highest BCUT2D eigenvalue weighted by Crippen LogP contribution is 2.23. The summed E-state index contributed by atoms with van der Waals surface area (Å²) in [6, 6.07) is 9.45. The van der Waals surface area contributed by atoms with Crippen LogP contribution in [0.5, 0.6) is 0 Å². The normalized spacial score (nSPS) is 17.2. The number of oxazole rings is 1. The lowest BCUT2D eigenvalue weighted by Gasteiger charge is -2.34. The Morgan fingerprint density at radius 2 is 2.15 bits per heavy atom. The Bertz CT molecular complexity index is 751. The Labute approximate surface area is 160 Å². The van der Waals surface area contributed by atoms with Crippen molar-refractivity contribution in [1.29, 1.82) is 0 Å². The summed E-state index contributed by atoms with van der Waals surface area (Å²) in [7, 11) is 0. The highest BCUT2D eigenvalue weighted by Gasteiger charge is 2.28. The van der Waals surface area contributed by atoms with Crippen molar-refractivity contribution in [2.45, 2.75) is 18.2 Å². The fourth-order valence-electron chi connectivity index (χ4n) is 2.77. The summed E-state index contributed by atoms with van der Waals surface area (Å²) in [6.45, 7) is 0.615. The number of carbonyl (C=O) groups is 2. The SMILES string of the molecule is O=C(O)CC1CSCCN1C(=O)CSCc1coc(-c2ccccc2)n1. The first-order chi connectivity index (χ1) is 12.6. The summed E-state index contributed by atoms with van der Waals surface area (Å²) >= 11 is 3.17. The zero-order chi connectivity index (χ0) is 18.4. The summed E-state index contributed by atoms with van der Waals surface area (Å²) in [6.07, 6.45) is 1.62. The van der Waals surface area contributed by atoms with Crippen molar-refractivity contribution in [3.63, 3.8) is 0 Å². The van der Waals surface area contributed by atoms with Gasteiger partial charge in [0.25, 0.3) is 0 Å². The van der Waals surface area contributed by atoms with Crippen LogP contribution in [0.25, 0.3) is 11.5 Å². The second-order valence-corrected chi connectivity index (χ2v) is 8.05. The monoisotopic (exact) mass is 392 g/mol. The molecule has 1 aromatic carbocycles. The minimum absolute atomic E-state index is 0.00618. The molecular weight excluding hydrogens is 372 g/mol. The zero-order valence-corrected chi connectivity index (χ0v) is 15.8. The fourth-order valence-corrected chi connectivity index (χ4v) is 4.61. The van der Waals surface area contributed by atoms with Gasteiger partial charge in [-0.25, -0.2) is 4.98 Å². The van der Waals surface area contributed by atoms with Crippen LogP contribution in [0.1, 0.15) is 12.1 Å². The molecule has 0 aliphatic carbocycles. The molecule has 8 heteroatoms. The Hall–Kier alpha value is -1.93. The van der Waals surface area contributed by atoms with Gasteiger partial charge in [-0.2, -0.15) is 11.8 Å². The van der Waals surface area contributed by atoms with Gasteiger partial charge in [0.1, 0.15) is 6.26 Å². The molecule has 6 nitrogen and oxygen atoms in total. The molecule has 1 amide bonds. The third-order valence-electron chi connectivity index (χ3n) is 4.01. The minimum Gasteiger partial charge on any atom is -0.481 e. The Morgan fingerprint density at radius 1 is 1.35 bits per heavy atom. The maximum absolute atomic E-state index is 12.5. The van der Waals surface area contributed by atoms with Crippen LogP contribution < -0.4 is 0 Å². The number of nitrogens with zero attached hydrogens (tertiary/aromatic N) is 2. The quantitative estimate of drug-likeness (QED) is 0.775. The first kappa shape index (κ1) is 18.8. The third kappa shape index (κ3) is 5.04. The van der Waals surface area contributed by atoms with E-state index in [1.165, 1.54) is 11.8 Å². The van der Waals surface area contributed by atoms with Crippen LogP contribution in [0.4, 0.5) is 0 Å². The maximum Gasteiger partial charge on any atom is 0.305 e. The molecule has 0 radical (unpaired) electrons. The number of rotatable bonds is 7. The highest BCUT2D eigenvalue weighted by molar-refractivity contribution is 7.99. The van der Waals surface area contributed by atoms with E-state index in [4.69, 9.17) is 9.52 Å². The molecule has 1 saturated heterocycles. The number of hydrogen-bond donors (Lipinski definition) is 1. The number of thioether (sulfide) groups is 2. The number of aliphatic carboxylic acids is 1. The smallest absolute Gasteiger partial charge is 0.305 e. The highest BCUT2D eigenvalue weighted by atomic mass is 32.2. The molecule has 26 heavy (non-hydrogen) atoms. The number of carboxylic acid groups (broad SMARTS) is 1. The lowest BCUT2D eigenvalue weighted by Crippen LogP contribution is -2.47. The van der Waals surface area contributed by atoms with Crippen molar-refractivity contribution in [3.05, 3.63) is 42.3 Å². The molecule has 2 heterocycles. The van der Waals surface area contributed by atoms with Gasteiger partial charge in [-0.3, -0.25) is 9.59 Å². The molecule has 1 unspecified atom stereocenters. The molecular formula is C18H20N2O4S2. The molecule has 0 bridgehead atoms. The number of aromatic nitrogens is 1. The third-order valence-corrected chi connectivity index (χ3v) is 6.05. The number of amides is 1. The van der Waals surface area contributed by atoms with Crippen molar-refractivity contribution in [3.8, 4) is 11.5 Å². The molecule has 1 atom stereocenters. The van der Waals surface area contributed by atoms with Gasteiger partial charge in [0.15, 0.2) is 0 Å². The standard InChI is InChI=1S/C18H20N2O4S2/c21-16(20-6-7-25-11-15(20)8-17(22)23)12-26-10-14-9-24-18(19-14)13-4-2-1-3-5-13/h1-5,9,15H,6-8,10-12H2,(H,22,23). The number of carboxylic acids is 1. The molecule has 1 fully saturated rings. The van der Waals surface area contributed by atoms with Gasteiger partial charge >= 0.3 is 5.97 Å². The van der Waals surface area contributed by atoms with Gasteiger partial charge in [0, 0.05) is 29.4 Å². The molecule has 1 N–H and O–H groups in total. The van der Waals surface area contributed by atoms with Crippen molar-refractivity contribution in [2.24, 2.45) is 0 Å². The summed E-state index contributed by atoms with van der Waals surface area (Å²) in [5.41, 5.74) is 1.71. The van der Waals surface area contributed by atoms with Crippen molar-refractivity contribution in [2.75, 3.05) is 23.8 Å². The van der Waals surface area contributed by atoms with Crippen LogP contribution in [0.2, 0.25) is 0 Å². The van der Waals surface area contributed by atoms with Crippen LogP contribution in [0.3, 0.4) is 0 Å². The van der Waals surface area contributed by atoms with E-state index in [1.54, 1.807) is 22.9 Å². The lowest BCUT2D eigenvalue weighted by atomic mass is 10.2.